The van der Waals surface area contributed by atoms with Gasteiger partial charge < -0.3 is 10.1 Å². The van der Waals surface area contributed by atoms with Gasteiger partial charge in [-0.25, -0.2) is 17.2 Å². The van der Waals surface area contributed by atoms with Gasteiger partial charge in [-0.15, -0.1) is 0 Å². The van der Waals surface area contributed by atoms with E-state index in [0.29, 0.717) is 12.1 Å². The summed E-state index contributed by atoms with van der Waals surface area (Å²) in [6, 6.07) is 1.00. The van der Waals surface area contributed by atoms with E-state index in [1.807, 2.05) is 0 Å². The van der Waals surface area contributed by atoms with Crippen molar-refractivity contribution in [2.75, 3.05) is 13.7 Å². The molecule has 0 aliphatic carbocycles. The van der Waals surface area contributed by atoms with Gasteiger partial charge in [0.1, 0.15) is 10.7 Å². The first-order valence-electron chi connectivity index (χ1n) is 5.02. The molecule has 1 N–H and O–H groups in total. The fourth-order valence-electron chi connectivity index (χ4n) is 1.23. The summed E-state index contributed by atoms with van der Waals surface area (Å²) in [5.41, 5.74) is 0. The average molecular weight is 314 g/mol. The normalized spacial score (nSPS) is 11.2. The second-order valence-corrected chi connectivity index (χ2v) is 5.96. The van der Waals surface area contributed by atoms with E-state index in [-0.39, 0.29) is 18.9 Å². The van der Waals surface area contributed by atoms with Crippen molar-refractivity contribution in [3.63, 3.8) is 0 Å². The van der Waals surface area contributed by atoms with E-state index < -0.39 is 31.3 Å². The van der Waals surface area contributed by atoms with Crippen molar-refractivity contribution in [3.05, 3.63) is 23.8 Å². The van der Waals surface area contributed by atoms with Crippen molar-refractivity contribution in [1.82, 2.24) is 5.32 Å². The van der Waals surface area contributed by atoms with Gasteiger partial charge in [0.25, 0.3) is 9.05 Å². The number of halogens is 3. The minimum Gasteiger partial charge on any atom is -0.489 e. The molecule has 0 bridgehead atoms. The SMILES string of the molecule is CNC(=O)CCOc1c(F)cc(F)cc1S(=O)(=O)Cl. The number of ether oxygens (including phenoxy) is 1. The predicted molar refractivity (Wildman–Crippen MR) is 63.6 cm³/mol. The Balaban J connectivity index is 3.03. The highest BCUT2D eigenvalue weighted by atomic mass is 35.7. The molecule has 0 aliphatic heterocycles. The molecule has 106 valence electrons. The molecule has 0 atom stereocenters. The monoisotopic (exact) mass is 313 g/mol. The largest absolute Gasteiger partial charge is 0.489 e. The van der Waals surface area contributed by atoms with Crippen LogP contribution in [0.4, 0.5) is 8.78 Å². The third-order valence-electron chi connectivity index (χ3n) is 2.09. The van der Waals surface area contributed by atoms with Crippen molar-refractivity contribution in [1.29, 1.82) is 0 Å². The van der Waals surface area contributed by atoms with E-state index in [4.69, 9.17) is 15.4 Å². The van der Waals surface area contributed by atoms with Crippen molar-refractivity contribution in [2.45, 2.75) is 11.3 Å². The molecule has 1 aromatic rings. The Labute approximate surface area is 112 Å². The number of hydrogen-bond acceptors (Lipinski definition) is 4. The maximum atomic E-state index is 13.5. The van der Waals surface area contributed by atoms with E-state index in [0.717, 1.165) is 0 Å². The molecule has 0 unspecified atom stereocenters. The summed E-state index contributed by atoms with van der Waals surface area (Å²) in [4.78, 5) is 10.1. The highest BCUT2D eigenvalue weighted by Crippen LogP contribution is 2.30. The van der Waals surface area contributed by atoms with Crippen LogP contribution in [-0.4, -0.2) is 28.0 Å². The highest BCUT2D eigenvalue weighted by Gasteiger charge is 2.22. The number of nitrogens with one attached hydrogen (secondary N) is 1. The minimum atomic E-state index is -4.37. The van der Waals surface area contributed by atoms with Crippen molar-refractivity contribution in [2.24, 2.45) is 0 Å². The second-order valence-electron chi connectivity index (χ2n) is 3.42. The molecule has 9 heteroatoms. The van der Waals surface area contributed by atoms with Crippen molar-refractivity contribution in [3.8, 4) is 5.75 Å². The van der Waals surface area contributed by atoms with Crippen LogP contribution in [0.15, 0.2) is 17.0 Å². The van der Waals surface area contributed by atoms with Crippen LogP contribution >= 0.6 is 10.7 Å². The molecule has 0 saturated heterocycles. The summed E-state index contributed by atoms with van der Waals surface area (Å²) in [6.45, 7) is -0.276. The summed E-state index contributed by atoms with van der Waals surface area (Å²) in [5, 5.41) is 2.30. The van der Waals surface area contributed by atoms with Crippen molar-refractivity contribution < 1.29 is 26.7 Å². The van der Waals surface area contributed by atoms with E-state index in [1.165, 1.54) is 7.05 Å². The van der Waals surface area contributed by atoms with E-state index in [2.05, 4.69) is 5.32 Å². The Bertz CT molecular complexity index is 591. The molecular weight excluding hydrogens is 304 g/mol. The number of carbonyl (C=O) groups is 1. The number of carbonyl (C=O) groups excluding carboxylic acids is 1. The number of rotatable bonds is 5. The zero-order valence-electron chi connectivity index (χ0n) is 9.74. The first-order chi connectivity index (χ1) is 8.75. The van der Waals surface area contributed by atoms with Gasteiger partial charge in [-0.1, -0.05) is 0 Å². The lowest BCUT2D eigenvalue weighted by Gasteiger charge is -2.10. The van der Waals surface area contributed by atoms with E-state index >= 15 is 0 Å². The van der Waals surface area contributed by atoms with E-state index in [9.17, 15) is 22.0 Å². The number of amides is 1. The first-order valence-corrected chi connectivity index (χ1v) is 7.33. The van der Waals surface area contributed by atoms with Crippen LogP contribution in [0, 0.1) is 11.6 Å². The standard InChI is InChI=1S/C10H10ClF2NO4S/c1-14-9(15)2-3-18-10-7(13)4-6(12)5-8(10)19(11,16)17/h4-5H,2-3H2,1H3,(H,14,15). The summed E-state index contributed by atoms with van der Waals surface area (Å²) in [7, 11) is 2.09. The molecule has 19 heavy (non-hydrogen) atoms. The topological polar surface area (TPSA) is 72.5 Å². The number of hydrogen-bond donors (Lipinski definition) is 1. The fraction of sp³-hybridized carbons (Fsp3) is 0.300. The summed E-state index contributed by atoms with van der Waals surface area (Å²) >= 11 is 0. The lowest BCUT2D eigenvalue weighted by Crippen LogP contribution is -2.20. The molecule has 1 aromatic carbocycles. The zero-order valence-corrected chi connectivity index (χ0v) is 11.3. The Morgan fingerprint density at radius 3 is 2.58 bits per heavy atom. The van der Waals surface area contributed by atoms with Gasteiger partial charge in [0.15, 0.2) is 11.6 Å². The van der Waals surface area contributed by atoms with Gasteiger partial charge in [-0.05, 0) is 6.07 Å². The van der Waals surface area contributed by atoms with Gasteiger partial charge in [0.2, 0.25) is 5.91 Å². The fourth-order valence-corrected chi connectivity index (χ4v) is 2.20. The van der Waals surface area contributed by atoms with Gasteiger partial charge in [0.05, 0.1) is 13.0 Å². The quantitative estimate of drug-likeness (QED) is 0.834. The predicted octanol–water partition coefficient (Wildman–Crippen LogP) is 1.41. The molecule has 0 spiro atoms. The van der Waals surface area contributed by atoms with Crippen LogP contribution in [0.2, 0.25) is 0 Å². The maximum Gasteiger partial charge on any atom is 0.265 e. The van der Waals surface area contributed by atoms with Gasteiger partial charge in [-0.2, -0.15) is 0 Å². The molecule has 5 nitrogen and oxygen atoms in total. The van der Waals surface area contributed by atoms with E-state index in [1.54, 1.807) is 0 Å². The molecule has 0 aromatic heterocycles. The van der Waals surface area contributed by atoms with Crippen LogP contribution in [0.3, 0.4) is 0 Å². The molecule has 0 fully saturated rings. The minimum absolute atomic E-state index is 0.116. The zero-order chi connectivity index (χ0) is 14.6. The van der Waals surface area contributed by atoms with Gasteiger partial charge in [0, 0.05) is 23.8 Å². The highest BCUT2D eigenvalue weighted by molar-refractivity contribution is 8.13. The lowest BCUT2D eigenvalue weighted by molar-refractivity contribution is -0.121. The van der Waals surface area contributed by atoms with Crippen LogP contribution in [0.5, 0.6) is 5.75 Å². The Kier molecular flexibility index (Phi) is 5.07. The first kappa shape index (κ1) is 15.6. The maximum absolute atomic E-state index is 13.5. The third kappa shape index (κ3) is 4.32. The lowest BCUT2D eigenvalue weighted by atomic mass is 10.3. The molecule has 0 saturated carbocycles. The summed E-state index contributed by atoms with van der Waals surface area (Å²) in [5.74, 6) is -3.40. The summed E-state index contributed by atoms with van der Waals surface area (Å²) in [6.07, 6.45) is -0.116. The molecule has 0 aliphatic rings. The van der Waals surface area contributed by atoms with Crippen LogP contribution in [0.25, 0.3) is 0 Å². The number of benzene rings is 1. The Hall–Kier alpha value is -1.41. The molecular formula is C10H10ClF2NO4S. The smallest absolute Gasteiger partial charge is 0.265 e. The van der Waals surface area contributed by atoms with Crippen LogP contribution in [-0.2, 0) is 13.8 Å². The second kappa shape index (κ2) is 6.16. The summed E-state index contributed by atoms with van der Waals surface area (Å²) < 4.78 is 53.6. The molecule has 1 amide bonds. The average Bonchev–Trinajstić information content (AvgIpc) is 2.29. The molecule has 1 rings (SSSR count). The third-order valence-corrected chi connectivity index (χ3v) is 3.42. The van der Waals surface area contributed by atoms with Gasteiger partial charge >= 0.3 is 0 Å². The molecule has 0 radical (unpaired) electrons. The van der Waals surface area contributed by atoms with Crippen LogP contribution in [0.1, 0.15) is 6.42 Å². The Morgan fingerprint density at radius 2 is 2.05 bits per heavy atom. The van der Waals surface area contributed by atoms with Gasteiger partial charge in [-0.3, -0.25) is 4.79 Å². The van der Waals surface area contributed by atoms with Crippen molar-refractivity contribution >= 4 is 25.6 Å². The van der Waals surface area contributed by atoms with Crippen LogP contribution < -0.4 is 10.1 Å². The molecule has 0 heterocycles. The Morgan fingerprint density at radius 1 is 1.42 bits per heavy atom.